The maximum Gasteiger partial charge on any atom is 0.206 e. The van der Waals surface area contributed by atoms with Crippen molar-refractivity contribution in [3.8, 4) is 0 Å². The summed E-state index contributed by atoms with van der Waals surface area (Å²) in [5, 5.41) is 3.23. The molecule has 0 spiro atoms. The third-order valence-corrected chi connectivity index (χ3v) is 6.13. The van der Waals surface area contributed by atoms with Gasteiger partial charge in [-0.2, -0.15) is 0 Å². The summed E-state index contributed by atoms with van der Waals surface area (Å²) in [6, 6.07) is 14.3. The monoisotopic (exact) mass is 315 g/mol. The summed E-state index contributed by atoms with van der Waals surface area (Å²) in [6.45, 7) is 0.942. The molecule has 0 unspecified atom stereocenters. The van der Waals surface area contributed by atoms with E-state index in [0.717, 1.165) is 19.4 Å². The second-order valence-corrected chi connectivity index (χ2v) is 7.77. The molecule has 0 bridgehead atoms. The Hall–Kier alpha value is -1.65. The highest BCUT2D eigenvalue weighted by molar-refractivity contribution is 7.91. The number of aryl methyl sites for hydroxylation is 1. The van der Waals surface area contributed by atoms with Crippen molar-refractivity contribution in [3.63, 3.8) is 0 Å². The van der Waals surface area contributed by atoms with Gasteiger partial charge in [0, 0.05) is 6.54 Å². The number of likely N-dealkylation sites (N-methyl/N-ethyl adjacent to an activating group) is 1. The van der Waals surface area contributed by atoms with Crippen LogP contribution in [-0.2, 0) is 16.3 Å². The molecule has 0 aliphatic heterocycles. The van der Waals surface area contributed by atoms with Crippen molar-refractivity contribution in [1.82, 2.24) is 5.32 Å². The molecule has 1 atom stereocenters. The fraction of sp³-hybridized carbons (Fsp3) is 0.333. The van der Waals surface area contributed by atoms with Crippen molar-refractivity contribution in [2.75, 3.05) is 13.6 Å². The van der Waals surface area contributed by atoms with Crippen LogP contribution in [0.5, 0.6) is 0 Å². The van der Waals surface area contributed by atoms with E-state index in [1.54, 1.807) is 30.3 Å². The lowest BCUT2D eigenvalue weighted by atomic mass is 9.83. The highest BCUT2D eigenvalue weighted by Crippen LogP contribution is 2.33. The van der Waals surface area contributed by atoms with Crippen LogP contribution in [0.1, 0.15) is 29.9 Å². The third-order valence-electron chi connectivity index (χ3n) is 4.37. The number of rotatable bonds is 4. The Morgan fingerprint density at radius 2 is 1.86 bits per heavy atom. The van der Waals surface area contributed by atoms with E-state index < -0.39 is 9.84 Å². The maximum absolute atomic E-state index is 12.7. The fourth-order valence-electron chi connectivity index (χ4n) is 3.25. The minimum absolute atomic E-state index is 0.359. The Bertz CT molecular complexity index is 754. The van der Waals surface area contributed by atoms with Gasteiger partial charge >= 0.3 is 0 Å². The summed E-state index contributed by atoms with van der Waals surface area (Å²) >= 11 is 0. The van der Waals surface area contributed by atoms with E-state index in [1.165, 1.54) is 17.5 Å². The van der Waals surface area contributed by atoms with Gasteiger partial charge in [0.2, 0.25) is 9.84 Å². The van der Waals surface area contributed by atoms with Gasteiger partial charge in [-0.3, -0.25) is 0 Å². The van der Waals surface area contributed by atoms with E-state index in [0.29, 0.717) is 15.7 Å². The Morgan fingerprint density at radius 3 is 2.59 bits per heavy atom. The summed E-state index contributed by atoms with van der Waals surface area (Å²) in [4.78, 5) is 0.764. The lowest BCUT2D eigenvalue weighted by Gasteiger charge is -2.25. The van der Waals surface area contributed by atoms with Crippen molar-refractivity contribution < 1.29 is 8.42 Å². The largest absolute Gasteiger partial charge is 0.319 e. The third kappa shape index (κ3) is 2.81. The summed E-state index contributed by atoms with van der Waals surface area (Å²) in [5.74, 6) is 0.488. The average Bonchev–Trinajstić information content (AvgIpc) is 2.56. The van der Waals surface area contributed by atoms with E-state index in [4.69, 9.17) is 0 Å². The number of fused-ring (bicyclic) bond motifs is 1. The minimum atomic E-state index is -3.42. The lowest BCUT2D eigenvalue weighted by Crippen LogP contribution is -2.21. The van der Waals surface area contributed by atoms with Gasteiger partial charge in [0.15, 0.2) is 0 Å². The normalized spacial score (nSPS) is 18.0. The van der Waals surface area contributed by atoms with Crippen molar-refractivity contribution >= 4 is 9.84 Å². The second-order valence-electron chi connectivity index (χ2n) is 5.82. The zero-order chi connectivity index (χ0) is 15.6. The smallest absolute Gasteiger partial charge is 0.206 e. The van der Waals surface area contributed by atoms with Gasteiger partial charge in [-0.05, 0) is 67.6 Å². The number of benzene rings is 2. The highest BCUT2D eigenvalue weighted by Gasteiger charge is 2.23. The van der Waals surface area contributed by atoms with E-state index in [9.17, 15) is 8.42 Å². The van der Waals surface area contributed by atoms with Gasteiger partial charge in [0.1, 0.15) is 0 Å². The van der Waals surface area contributed by atoms with Crippen molar-refractivity contribution in [3.05, 3.63) is 59.7 Å². The molecule has 2 aromatic carbocycles. The SMILES string of the molecule is CNC[C@@H]1CCCc2cc(S(=O)(=O)c3ccccc3)ccc21. The molecule has 3 rings (SSSR count). The Kier molecular flexibility index (Phi) is 4.32. The molecule has 0 fully saturated rings. The zero-order valence-corrected chi connectivity index (χ0v) is 13.6. The number of hydrogen-bond acceptors (Lipinski definition) is 3. The maximum atomic E-state index is 12.7. The predicted molar refractivity (Wildman–Crippen MR) is 87.9 cm³/mol. The van der Waals surface area contributed by atoms with Crippen molar-refractivity contribution in [1.29, 1.82) is 0 Å². The van der Waals surface area contributed by atoms with Gasteiger partial charge in [-0.15, -0.1) is 0 Å². The quantitative estimate of drug-likeness (QED) is 0.942. The molecule has 0 heterocycles. The second kappa shape index (κ2) is 6.23. The Morgan fingerprint density at radius 1 is 1.09 bits per heavy atom. The molecule has 1 aliphatic rings. The molecule has 3 nitrogen and oxygen atoms in total. The summed E-state index contributed by atoms with van der Waals surface area (Å²) < 4.78 is 25.4. The van der Waals surface area contributed by atoms with Crippen LogP contribution in [0.2, 0.25) is 0 Å². The minimum Gasteiger partial charge on any atom is -0.319 e. The van der Waals surface area contributed by atoms with Crippen LogP contribution in [0.4, 0.5) is 0 Å². The molecule has 0 radical (unpaired) electrons. The number of sulfone groups is 1. The van der Waals surface area contributed by atoms with Gasteiger partial charge < -0.3 is 5.32 Å². The standard InChI is InChI=1S/C18H21NO2S/c1-19-13-15-7-5-6-14-12-17(10-11-18(14)15)22(20,21)16-8-3-2-4-9-16/h2-4,8-12,15,19H,5-7,13H2,1H3/t15-/m0/s1. The van der Waals surface area contributed by atoms with Crippen LogP contribution in [-0.4, -0.2) is 22.0 Å². The Labute approximate surface area is 132 Å². The fourth-order valence-corrected chi connectivity index (χ4v) is 4.58. The molecule has 2 aromatic rings. The number of hydrogen-bond donors (Lipinski definition) is 1. The predicted octanol–water partition coefficient (Wildman–Crippen LogP) is 3.16. The molecule has 0 aromatic heterocycles. The average molecular weight is 315 g/mol. The van der Waals surface area contributed by atoms with Crippen molar-refractivity contribution in [2.24, 2.45) is 0 Å². The van der Waals surface area contributed by atoms with Crippen LogP contribution in [0.25, 0.3) is 0 Å². The van der Waals surface area contributed by atoms with E-state index in [1.807, 2.05) is 25.2 Å². The molecule has 4 heteroatoms. The Balaban J connectivity index is 2.01. The van der Waals surface area contributed by atoms with Crippen LogP contribution in [0, 0.1) is 0 Å². The number of nitrogens with one attached hydrogen (secondary N) is 1. The topological polar surface area (TPSA) is 46.2 Å². The molecule has 1 N–H and O–H groups in total. The first-order valence-corrected chi connectivity index (χ1v) is 9.19. The molecular weight excluding hydrogens is 294 g/mol. The molecule has 0 saturated heterocycles. The van der Waals surface area contributed by atoms with Gasteiger partial charge in [0.25, 0.3) is 0 Å². The van der Waals surface area contributed by atoms with Crippen molar-refractivity contribution in [2.45, 2.75) is 35.0 Å². The van der Waals surface area contributed by atoms with Gasteiger partial charge in [-0.1, -0.05) is 24.3 Å². The van der Waals surface area contributed by atoms with E-state index >= 15 is 0 Å². The summed E-state index contributed by atoms with van der Waals surface area (Å²) in [5.41, 5.74) is 2.48. The van der Waals surface area contributed by atoms with Crippen LogP contribution in [0.15, 0.2) is 58.3 Å². The van der Waals surface area contributed by atoms with Gasteiger partial charge in [-0.25, -0.2) is 8.42 Å². The molecule has 0 amide bonds. The molecule has 22 heavy (non-hydrogen) atoms. The zero-order valence-electron chi connectivity index (χ0n) is 12.7. The van der Waals surface area contributed by atoms with Crippen LogP contribution >= 0.6 is 0 Å². The van der Waals surface area contributed by atoms with Crippen LogP contribution in [0.3, 0.4) is 0 Å². The highest BCUT2D eigenvalue weighted by atomic mass is 32.2. The molecular formula is C18H21NO2S. The molecule has 1 aliphatic carbocycles. The lowest BCUT2D eigenvalue weighted by molar-refractivity contribution is 0.527. The van der Waals surface area contributed by atoms with Crippen LogP contribution < -0.4 is 5.32 Å². The molecule has 0 saturated carbocycles. The first-order chi connectivity index (χ1) is 10.6. The molecule has 116 valence electrons. The first kappa shape index (κ1) is 15.3. The van der Waals surface area contributed by atoms with Gasteiger partial charge in [0.05, 0.1) is 9.79 Å². The summed E-state index contributed by atoms with van der Waals surface area (Å²) in [6.07, 6.45) is 3.25. The summed E-state index contributed by atoms with van der Waals surface area (Å²) in [7, 11) is -1.46. The first-order valence-electron chi connectivity index (χ1n) is 7.70. The van der Waals surface area contributed by atoms with E-state index in [2.05, 4.69) is 5.32 Å². The van der Waals surface area contributed by atoms with E-state index in [-0.39, 0.29) is 0 Å².